The number of fused-ring (bicyclic) bond motifs is 2. The highest BCUT2D eigenvalue weighted by Gasteiger charge is 2.22. The van der Waals surface area contributed by atoms with E-state index in [1.165, 1.54) is 0 Å². The molecule has 1 fully saturated rings. The molecule has 2 aromatic carbocycles. The highest BCUT2D eigenvalue weighted by atomic mass is 32.2. The summed E-state index contributed by atoms with van der Waals surface area (Å²) in [5, 5.41) is 27.8. The van der Waals surface area contributed by atoms with Crippen LogP contribution in [0.3, 0.4) is 0 Å². The van der Waals surface area contributed by atoms with Crippen molar-refractivity contribution in [3.8, 4) is 0 Å². The summed E-state index contributed by atoms with van der Waals surface area (Å²) in [7, 11) is 0. The number of carbonyl (C=O) groups excluding carboxylic acids is 1. The van der Waals surface area contributed by atoms with Crippen LogP contribution in [0.4, 0.5) is 10.8 Å². The first-order valence-electron chi connectivity index (χ1n) is 11.1. The average molecular weight is 483 g/mol. The van der Waals surface area contributed by atoms with Gasteiger partial charge in [-0.25, -0.2) is 4.98 Å². The predicted octanol–water partition coefficient (Wildman–Crippen LogP) is 3.99. The molecule has 2 atom stereocenters. The minimum atomic E-state index is -0.881. The summed E-state index contributed by atoms with van der Waals surface area (Å²) in [4.78, 5) is 22.1. The van der Waals surface area contributed by atoms with E-state index in [-0.39, 0.29) is 12.0 Å². The molecule has 33 heavy (non-hydrogen) atoms. The molecule has 0 saturated carbocycles. The number of aromatic nitrogens is 1. The third kappa shape index (κ3) is 5.07. The molecule has 172 valence electrons. The molecule has 1 unspecified atom stereocenters. The minimum Gasteiger partial charge on any atom is -0.391 e. The van der Waals surface area contributed by atoms with Gasteiger partial charge in [0.15, 0.2) is 5.13 Å². The summed E-state index contributed by atoms with van der Waals surface area (Å²) >= 11 is 3.12. The Kier molecular flexibility index (Phi) is 6.66. The van der Waals surface area contributed by atoms with Gasteiger partial charge in [0.05, 0.1) is 17.4 Å². The number of aliphatic hydroxyl groups excluding tert-OH is 2. The molecule has 0 aliphatic carbocycles. The Morgan fingerprint density at radius 1 is 1.21 bits per heavy atom. The Bertz CT molecular complexity index is 1150. The lowest BCUT2D eigenvalue weighted by atomic mass is 10.1. The molecule has 3 aromatic rings. The summed E-state index contributed by atoms with van der Waals surface area (Å²) < 4.78 is 0. The maximum absolute atomic E-state index is 12.6. The largest absolute Gasteiger partial charge is 0.391 e. The maximum Gasteiger partial charge on any atom is 0.256 e. The zero-order valence-corrected chi connectivity index (χ0v) is 19.7. The summed E-state index contributed by atoms with van der Waals surface area (Å²) in [6.07, 6.45) is 3.57. The van der Waals surface area contributed by atoms with Crippen molar-refractivity contribution in [3.05, 3.63) is 64.7 Å². The van der Waals surface area contributed by atoms with Crippen molar-refractivity contribution in [2.45, 2.75) is 47.9 Å². The Labute approximate surface area is 200 Å². The van der Waals surface area contributed by atoms with E-state index in [1.807, 2.05) is 48.7 Å². The number of nitrogens with one attached hydrogen (secondary N) is 2. The Balaban J connectivity index is 1.24. The van der Waals surface area contributed by atoms with E-state index in [2.05, 4.69) is 20.5 Å². The number of benzene rings is 2. The molecule has 3 heterocycles. The SMILES string of the molecule is O=C1Nc2cc(C(O)NCc3cnc(N4CCCC[C@@H](O)C4)s3)ccc2Sc2ccccc21. The van der Waals surface area contributed by atoms with Gasteiger partial charge in [-0.3, -0.25) is 10.1 Å². The highest BCUT2D eigenvalue weighted by Crippen LogP contribution is 2.39. The fraction of sp³-hybridized carbons (Fsp3) is 0.333. The summed E-state index contributed by atoms with van der Waals surface area (Å²) in [6, 6.07) is 13.2. The van der Waals surface area contributed by atoms with E-state index in [1.54, 1.807) is 23.1 Å². The Hall–Kier alpha value is -2.43. The number of β-amino-alcohol motifs (C(OH)–C–C–N with tert-alkyl or cyclic N) is 1. The standard InChI is InChI=1S/C24H26N4O3S2/c29-16-5-3-4-10-28(14-16)24-26-13-17(32-24)12-25-22(30)15-8-9-21-19(11-15)27-23(31)18-6-1-2-7-20(18)33-21/h1-2,6-9,11,13,16,22,25,29-30H,3-5,10,12,14H2,(H,27,31)/t16-,22?/m1/s1. The van der Waals surface area contributed by atoms with Crippen molar-refractivity contribution in [1.82, 2.24) is 10.3 Å². The van der Waals surface area contributed by atoms with Crippen molar-refractivity contribution >= 4 is 39.8 Å². The van der Waals surface area contributed by atoms with Gasteiger partial charge in [0.1, 0.15) is 6.23 Å². The average Bonchev–Trinajstić information content (AvgIpc) is 3.11. The lowest BCUT2D eigenvalue weighted by Crippen LogP contribution is -2.30. The van der Waals surface area contributed by atoms with Crippen LogP contribution >= 0.6 is 23.1 Å². The number of aliphatic hydroxyl groups is 2. The molecule has 7 nitrogen and oxygen atoms in total. The first-order valence-corrected chi connectivity index (χ1v) is 12.7. The van der Waals surface area contributed by atoms with Crippen LogP contribution in [0.5, 0.6) is 0 Å². The molecule has 1 aromatic heterocycles. The quantitative estimate of drug-likeness (QED) is 0.408. The van der Waals surface area contributed by atoms with Crippen molar-refractivity contribution < 1.29 is 15.0 Å². The first kappa shape index (κ1) is 22.4. The molecule has 1 saturated heterocycles. The van der Waals surface area contributed by atoms with Gasteiger partial charge >= 0.3 is 0 Å². The van der Waals surface area contributed by atoms with Gasteiger partial charge < -0.3 is 20.4 Å². The summed E-state index contributed by atoms with van der Waals surface area (Å²) in [5.74, 6) is -0.146. The second kappa shape index (κ2) is 9.82. The van der Waals surface area contributed by atoms with E-state index in [9.17, 15) is 15.0 Å². The van der Waals surface area contributed by atoms with Crippen molar-refractivity contribution in [3.63, 3.8) is 0 Å². The second-order valence-corrected chi connectivity index (χ2v) is 10.5. The van der Waals surface area contributed by atoms with Crippen LogP contribution < -0.4 is 15.5 Å². The van der Waals surface area contributed by atoms with Crippen LogP contribution in [0.15, 0.2) is 58.5 Å². The van der Waals surface area contributed by atoms with Gasteiger partial charge in [-0.1, -0.05) is 30.0 Å². The molecule has 0 bridgehead atoms. The van der Waals surface area contributed by atoms with E-state index < -0.39 is 6.23 Å². The van der Waals surface area contributed by atoms with Crippen LogP contribution in [0.1, 0.15) is 46.3 Å². The maximum atomic E-state index is 12.6. The van der Waals surface area contributed by atoms with Gasteiger partial charge in [-0.2, -0.15) is 0 Å². The summed E-state index contributed by atoms with van der Waals surface area (Å²) in [5.41, 5.74) is 2.03. The van der Waals surface area contributed by atoms with Gasteiger partial charge in [0.2, 0.25) is 0 Å². The molecule has 2 aliphatic heterocycles. The Morgan fingerprint density at radius 3 is 3.00 bits per heavy atom. The fourth-order valence-corrected chi connectivity index (χ4v) is 6.00. The van der Waals surface area contributed by atoms with Gasteiger partial charge in [0, 0.05) is 40.5 Å². The zero-order chi connectivity index (χ0) is 22.8. The smallest absolute Gasteiger partial charge is 0.256 e. The number of thiazole rings is 1. The number of carbonyl (C=O) groups is 1. The van der Waals surface area contributed by atoms with Crippen LogP contribution in [0, 0.1) is 0 Å². The molecule has 0 radical (unpaired) electrons. The van der Waals surface area contributed by atoms with E-state index >= 15 is 0 Å². The van der Waals surface area contributed by atoms with Crippen molar-refractivity contribution in [2.75, 3.05) is 23.3 Å². The van der Waals surface area contributed by atoms with Crippen LogP contribution in [-0.2, 0) is 6.54 Å². The number of hydrogen-bond acceptors (Lipinski definition) is 8. The first-order chi connectivity index (χ1) is 16.1. The summed E-state index contributed by atoms with van der Waals surface area (Å²) in [6.45, 7) is 1.99. The minimum absolute atomic E-state index is 0.146. The van der Waals surface area contributed by atoms with Crippen molar-refractivity contribution in [1.29, 1.82) is 0 Å². The predicted molar refractivity (Wildman–Crippen MR) is 131 cm³/mol. The van der Waals surface area contributed by atoms with Crippen LogP contribution in [0.2, 0.25) is 0 Å². The number of amides is 1. The van der Waals surface area contributed by atoms with E-state index in [4.69, 9.17) is 0 Å². The molecule has 2 aliphatic rings. The van der Waals surface area contributed by atoms with Gasteiger partial charge in [-0.15, -0.1) is 11.3 Å². The lowest BCUT2D eigenvalue weighted by molar-refractivity contribution is 0.102. The third-order valence-electron chi connectivity index (χ3n) is 5.85. The zero-order valence-electron chi connectivity index (χ0n) is 18.0. The molecule has 0 spiro atoms. The van der Waals surface area contributed by atoms with E-state index in [0.717, 1.165) is 45.6 Å². The number of anilines is 2. The van der Waals surface area contributed by atoms with Crippen molar-refractivity contribution in [2.24, 2.45) is 0 Å². The number of rotatable bonds is 5. The molecule has 9 heteroatoms. The monoisotopic (exact) mass is 482 g/mol. The Morgan fingerprint density at radius 2 is 2.09 bits per heavy atom. The highest BCUT2D eigenvalue weighted by molar-refractivity contribution is 7.99. The van der Waals surface area contributed by atoms with Crippen LogP contribution in [-0.4, -0.2) is 40.3 Å². The number of nitrogens with zero attached hydrogens (tertiary/aromatic N) is 2. The molecular formula is C24H26N4O3S2. The molecule has 4 N–H and O–H groups in total. The fourth-order valence-electron chi connectivity index (χ4n) is 4.09. The van der Waals surface area contributed by atoms with Gasteiger partial charge in [-0.05, 0) is 49.1 Å². The third-order valence-corrected chi connectivity index (χ3v) is 8.06. The molecule has 1 amide bonds. The number of hydrogen-bond donors (Lipinski definition) is 4. The second-order valence-electron chi connectivity index (χ2n) is 8.30. The normalized spacial score (nSPS) is 19.2. The molecule has 5 rings (SSSR count). The van der Waals surface area contributed by atoms with Crippen LogP contribution in [0.25, 0.3) is 0 Å². The lowest BCUT2D eigenvalue weighted by Gasteiger charge is -2.20. The topological polar surface area (TPSA) is 97.7 Å². The van der Waals surface area contributed by atoms with Gasteiger partial charge in [0.25, 0.3) is 5.91 Å². The van der Waals surface area contributed by atoms with E-state index in [0.29, 0.717) is 29.9 Å². The molecular weight excluding hydrogens is 456 g/mol.